The molecule has 6 nitrogen and oxygen atoms in total. The quantitative estimate of drug-likeness (QED) is 0.877. The Balaban J connectivity index is 1.64. The zero-order valence-electron chi connectivity index (χ0n) is 12.9. The maximum atomic E-state index is 12.1. The van der Waals surface area contributed by atoms with Crippen LogP contribution in [-0.2, 0) is 9.53 Å². The maximum Gasteiger partial charge on any atom is 0.256 e. The van der Waals surface area contributed by atoms with E-state index in [4.69, 9.17) is 9.47 Å². The van der Waals surface area contributed by atoms with Crippen LogP contribution in [0.5, 0.6) is 5.75 Å². The molecule has 7 heteroatoms. The lowest BCUT2D eigenvalue weighted by Crippen LogP contribution is -2.45. The van der Waals surface area contributed by atoms with Gasteiger partial charge in [0, 0.05) is 24.0 Å². The summed E-state index contributed by atoms with van der Waals surface area (Å²) in [6.07, 6.45) is -0.457. The number of nitrogens with one attached hydrogen (secondary N) is 2. The van der Waals surface area contributed by atoms with Crippen LogP contribution in [0, 0.1) is 0 Å². The van der Waals surface area contributed by atoms with Crippen molar-refractivity contribution in [3.05, 3.63) is 29.6 Å². The van der Waals surface area contributed by atoms with Crippen LogP contribution in [0.15, 0.2) is 29.6 Å². The average molecular weight is 333 g/mol. The van der Waals surface area contributed by atoms with E-state index in [0.717, 1.165) is 23.6 Å². The monoisotopic (exact) mass is 333 g/mol. The van der Waals surface area contributed by atoms with E-state index in [2.05, 4.69) is 15.6 Å². The lowest BCUT2D eigenvalue weighted by Gasteiger charge is -2.22. The third-order valence-electron chi connectivity index (χ3n) is 3.42. The Hall–Kier alpha value is -1.96. The van der Waals surface area contributed by atoms with Crippen molar-refractivity contribution in [2.24, 2.45) is 0 Å². The number of thiazole rings is 1. The first-order valence-electron chi connectivity index (χ1n) is 7.58. The van der Waals surface area contributed by atoms with Crippen LogP contribution in [0.2, 0.25) is 0 Å². The standard InChI is InChI=1S/C16H19N3O3S/c1-2-21-12-5-3-11(4-6-12)13-10-23-16(18-13)19-15(20)14-9-17-7-8-22-14/h3-6,10,14,17H,2,7-9H2,1H3,(H,18,19,20). The lowest BCUT2D eigenvalue weighted by atomic mass is 10.2. The van der Waals surface area contributed by atoms with E-state index in [-0.39, 0.29) is 5.91 Å². The van der Waals surface area contributed by atoms with Gasteiger partial charge in [0.25, 0.3) is 5.91 Å². The Morgan fingerprint density at radius 2 is 2.30 bits per heavy atom. The van der Waals surface area contributed by atoms with Gasteiger partial charge in [0.2, 0.25) is 0 Å². The molecule has 23 heavy (non-hydrogen) atoms. The van der Waals surface area contributed by atoms with Crippen molar-refractivity contribution >= 4 is 22.4 Å². The predicted octanol–water partition coefficient (Wildman–Crippen LogP) is 2.14. The molecule has 1 fully saturated rings. The van der Waals surface area contributed by atoms with Gasteiger partial charge in [-0.15, -0.1) is 11.3 Å². The Labute approximate surface area is 138 Å². The van der Waals surface area contributed by atoms with E-state index in [9.17, 15) is 4.79 Å². The molecule has 1 unspecified atom stereocenters. The van der Waals surface area contributed by atoms with Gasteiger partial charge in [-0.1, -0.05) is 0 Å². The minimum Gasteiger partial charge on any atom is -0.494 e. The fourth-order valence-corrected chi connectivity index (χ4v) is 2.99. The molecule has 1 aliphatic rings. The van der Waals surface area contributed by atoms with Crippen molar-refractivity contribution in [1.29, 1.82) is 0 Å². The van der Waals surface area contributed by atoms with Crippen molar-refractivity contribution in [2.45, 2.75) is 13.0 Å². The number of carbonyl (C=O) groups is 1. The van der Waals surface area contributed by atoms with E-state index < -0.39 is 6.10 Å². The number of anilines is 1. The molecule has 122 valence electrons. The number of ether oxygens (including phenoxy) is 2. The largest absolute Gasteiger partial charge is 0.494 e. The predicted molar refractivity (Wildman–Crippen MR) is 90.0 cm³/mol. The average Bonchev–Trinajstić information content (AvgIpc) is 3.05. The number of rotatable bonds is 5. The van der Waals surface area contributed by atoms with Gasteiger partial charge in [0.1, 0.15) is 11.9 Å². The van der Waals surface area contributed by atoms with Crippen molar-refractivity contribution in [3.63, 3.8) is 0 Å². The molecule has 1 atom stereocenters. The number of nitrogens with zero attached hydrogens (tertiary/aromatic N) is 1. The fraction of sp³-hybridized carbons (Fsp3) is 0.375. The Morgan fingerprint density at radius 1 is 1.48 bits per heavy atom. The first-order chi connectivity index (χ1) is 11.3. The van der Waals surface area contributed by atoms with Gasteiger partial charge >= 0.3 is 0 Å². The summed E-state index contributed by atoms with van der Waals surface area (Å²) in [7, 11) is 0. The summed E-state index contributed by atoms with van der Waals surface area (Å²) < 4.78 is 10.9. The molecule has 1 aromatic heterocycles. The Kier molecular flexibility index (Phi) is 5.22. The molecule has 0 radical (unpaired) electrons. The van der Waals surface area contributed by atoms with Crippen molar-refractivity contribution in [1.82, 2.24) is 10.3 Å². The van der Waals surface area contributed by atoms with Gasteiger partial charge in [0.15, 0.2) is 5.13 Å². The number of carbonyl (C=O) groups excluding carboxylic acids is 1. The molecule has 3 rings (SSSR count). The summed E-state index contributed by atoms with van der Waals surface area (Å²) in [6.45, 7) is 4.46. The minimum absolute atomic E-state index is 0.162. The SMILES string of the molecule is CCOc1ccc(-c2csc(NC(=O)C3CNCCO3)n2)cc1. The molecule has 0 bridgehead atoms. The van der Waals surface area contributed by atoms with Crippen LogP contribution in [0.25, 0.3) is 11.3 Å². The summed E-state index contributed by atoms with van der Waals surface area (Å²) in [5.74, 6) is 0.673. The van der Waals surface area contributed by atoms with E-state index in [1.54, 1.807) is 0 Å². The van der Waals surface area contributed by atoms with Gasteiger partial charge in [-0.25, -0.2) is 4.98 Å². The summed E-state index contributed by atoms with van der Waals surface area (Å²) in [5.41, 5.74) is 1.82. The van der Waals surface area contributed by atoms with Crippen molar-refractivity contribution in [3.8, 4) is 17.0 Å². The maximum absolute atomic E-state index is 12.1. The van der Waals surface area contributed by atoms with E-state index in [1.165, 1.54) is 11.3 Å². The van der Waals surface area contributed by atoms with Gasteiger partial charge in [0.05, 0.1) is 18.9 Å². The third-order valence-corrected chi connectivity index (χ3v) is 4.17. The van der Waals surface area contributed by atoms with Crippen LogP contribution in [-0.4, -0.2) is 43.3 Å². The van der Waals surface area contributed by atoms with Crippen LogP contribution in [0.4, 0.5) is 5.13 Å². The first kappa shape index (κ1) is 15.9. The lowest BCUT2D eigenvalue weighted by molar-refractivity contribution is -0.128. The third kappa shape index (κ3) is 4.07. The Morgan fingerprint density at radius 3 is 3.00 bits per heavy atom. The van der Waals surface area contributed by atoms with E-state index in [1.807, 2.05) is 36.6 Å². The minimum atomic E-state index is -0.457. The smallest absolute Gasteiger partial charge is 0.256 e. The molecule has 1 aromatic carbocycles. The highest BCUT2D eigenvalue weighted by atomic mass is 32.1. The number of hydrogen-bond acceptors (Lipinski definition) is 6. The summed E-state index contributed by atoms with van der Waals surface area (Å²) in [5, 5.41) is 8.44. The number of morpholine rings is 1. The van der Waals surface area contributed by atoms with Gasteiger partial charge in [-0.2, -0.15) is 0 Å². The molecular weight excluding hydrogens is 314 g/mol. The molecule has 1 amide bonds. The second kappa shape index (κ2) is 7.54. The molecule has 2 heterocycles. The van der Waals surface area contributed by atoms with Gasteiger partial charge in [-0.05, 0) is 31.2 Å². The van der Waals surface area contributed by atoms with E-state index >= 15 is 0 Å². The van der Waals surface area contributed by atoms with Crippen molar-refractivity contribution in [2.75, 3.05) is 31.6 Å². The molecule has 2 aromatic rings. The molecule has 0 aliphatic carbocycles. The zero-order chi connectivity index (χ0) is 16.1. The normalized spacial score (nSPS) is 17.7. The van der Waals surface area contributed by atoms with E-state index in [0.29, 0.717) is 24.9 Å². The molecule has 1 aliphatic heterocycles. The Bertz CT molecular complexity index is 651. The summed E-state index contributed by atoms with van der Waals surface area (Å²) >= 11 is 1.40. The van der Waals surface area contributed by atoms with Gasteiger partial charge in [-0.3, -0.25) is 10.1 Å². The van der Waals surface area contributed by atoms with Crippen molar-refractivity contribution < 1.29 is 14.3 Å². The molecule has 0 spiro atoms. The highest BCUT2D eigenvalue weighted by Gasteiger charge is 2.22. The first-order valence-corrected chi connectivity index (χ1v) is 8.46. The highest BCUT2D eigenvalue weighted by molar-refractivity contribution is 7.14. The summed E-state index contributed by atoms with van der Waals surface area (Å²) in [6, 6.07) is 7.75. The van der Waals surface area contributed by atoms with Crippen LogP contribution in [0.3, 0.4) is 0 Å². The zero-order valence-corrected chi connectivity index (χ0v) is 13.7. The highest BCUT2D eigenvalue weighted by Crippen LogP contribution is 2.26. The number of amides is 1. The van der Waals surface area contributed by atoms with Gasteiger partial charge < -0.3 is 14.8 Å². The second-order valence-electron chi connectivity index (χ2n) is 5.05. The topological polar surface area (TPSA) is 72.5 Å². The van der Waals surface area contributed by atoms with Crippen LogP contribution in [0.1, 0.15) is 6.92 Å². The number of hydrogen-bond donors (Lipinski definition) is 2. The number of aromatic nitrogens is 1. The molecule has 1 saturated heterocycles. The fourth-order valence-electron chi connectivity index (χ4n) is 2.27. The molecule has 2 N–H and O–H groups in total. The number of benzene rings is 1. The molecular formula is C16H19N3O3S. The van der Waals surface area contributed by atoms with Crippen LogP contribution < -0.4 is 15.4 Å². The summed E-state index contributed by atoms with van der Waals surface area (Å²) in [4.78, 5) is 16.6. The second-order valence-corrected chi connectivity index (χ2v) is 5.91. The van der Waals surface area contributed by atoms with Crippen LogP contribution >= 0.6 is 11.3 Å². The molecule has 0 saturated carbocycles.